The second kappa shape index (κ2) is 7.96. The molecule has 1 aromatic heterocycles. The Morgan fingerprint density at radius 1 is 1.29 bits per heavy atom. The summed E-state index contributed by atoms with van der Waals surface area (Å²) >= 11 is 0. The van der Waals surface area contributed by atoms with Crippen molar-refractivity contribution in [2.24, 2.45) is 12.0 Å². The molecule has 7 heteroatoms. The van der Waals surface area contributed by atoms with Gasteiger partial charge in [-0.2, -0.15) is 5.10 Å². The SMILES string of the molecule is CN=C(NCc1ncnn1C)NCC1(c2ccccc2C)CC1.I. The van der Waals surface area contributed by atoms with Crippen LogP contribution >= 0.6 is 24.0 Å². The number of benzene rings is 1. The molecule has 0 bridgehead atoms. The highest BCUT2D eigenvalue weighted by molar-refractivity contribution is 14.0. The van der Waals surface area contributed by atoms with Gasteiger partial charge in [0.05, 0.1) is 6.54 Å². The lowest BCUT2D eigenvalue weighted by molar-refractivity contribution is 0.631. The van der Waals surface area contributed by atoms with Crippen LogP contribution in [0.4, 0.5) is 0 Å². The fraction of sp³-hybridized carbons (Fsp3) is 0.471. The third-order valence-corrected chi connectivity index (χ3v) is 4.61. The van der Waals surface area contributed by atoms with Crippen LogP contribution in [-0.2, 0) is 19.0 Å². The molecule has 130 valence electrons. The van der Waals surface area contributed by atoms with Crippen molar-refractivity contribution in [3.63, 3.8) is 0 Å². The van der Waals surface area contributed by atoms with Crippen LogP contribution in [0.3, 0.4) is 0 Å². The first-order valence-corrected chi connectivity index (χ1v) is 7.98. The average molecular weight is 440 g/mol. The molecule has 3 rings (SSSR count). The van der Waals surface area contributed by atoms with Gasteiger partial charge in [-0.15, -0.1) is 24.0 Å². The summed E-state index contributed by atoms with van der Waals surface area (Å²) in [5.41, 5.74) is 3.08. The van der Waals surface area contributed by atoms with E-state index in [1.807, 2.05) is 7.05 Å². The summed E-state index contributed by atoms with van der Waals surface area (Å²) in [5, 5.41) is 10.8. The smallest absolute Gasteiger partial charge is 0.191 e. The van der Waals surface area contributed by atoms with Crippen LogP contribution in [0.5, 0.6) is 0 Å². The minimum atomic E-state index is 0. The number of aliphatic imine (C=N–C) groups is 1. The van der Waals surface area contributed by atoms with Crippen molar-refractivity contribution in [2.75, 3.05) is 13.6 Å². The van der Waals surface area contributed by atoms with Gasteiger partial charge in [0.2, 0.25) is 0 Å². The van der Waals surface area contributed by atoms with Gasteiger partial charge in [0.25, 0.3) is 0 Å². The molecule has 0 amide bonds. The van der Waals surface area contributed by atoms with Gasteiger partial charge in [-0.05, 0) is 30.9 Å². The summed E-state index contributed by atoms with van der Waals surface area (Å²) in [6.07, 6.45) is 4.01. The molecular formula is C17H25IN6. The zero-order valence-electron chi connectivity index (χ0n) is 14.4. The van der Waals surface area contributed by atoms with Crippen molar-refractivity contribution in [3.05, 3.63) is 47.5 Å². The lowest BCUT2D eigenvalue weighted by Gasteiger charge is -2.20. The third-order valence-electron chi connectivity index (χ3n) is 4.61. The Kier molecular flexibility index (Phi) is 6.20. The molecule has 1 fully saturated rings. The van der Waals surface area contributed by atoms with Gasteiger partial charge >= 0.3 is 0 Å². The highest BCUT2D eigenvalue weighted by Gasteiger charge is 2.44. The molecule has 0 unspecified atom stereocenters. The number of rotatable bonds is 5. The third kappa shape index (κ3) is 4.06. The van der Waals surface area contributed by atoms with Crippen LogP contribution in [-0.4, -0.2) is 34.3 Å². The summed E-state index contributed by atoms with van der Waals surface area (Å²) < 4.78 is 1.76. The number of aromatic nitrogens is 3. The molecule has 1 aliphatic rings. The van der Waals surface area contributed by atoms with Gasteiger partial charge < -0.3 is 10.6 Å². The Morgan fingerprint density at radius 3 is 2.62 bits per heavy atom. The Balaban J connectivity index is 0.00000208. The molecule has 2 aromatic rings. The van der Waals surface area contributed by atoms with Gasteiger partial charge in [0.1, 0.15) is 12.2 Å². The van der Waals surface area contributed by atoms with Crippen LogP contribution in [0, 0.1) is 6.92 Å². The van der Waals surface area contributed by atoms with E-state index in [0.29, 0.717) is 6.54 Å². The van der Waals surface area contributed by atoms with E-state index in [-0.39, 0.29) is 29.4 Å². The molecule has 1 saturated carbocycles. The first-order chi connectivity index (χ1) is 11.1. The van der Waals surface area contributed by atoms with Gasteiger partial charge in [0, 0.05) is 26.1 Å². The van der Waals surface area contributed by atoms with Crippen LogP contribution in [0.1, 0.15) is 29.8 Å². The fourth-order valence-corrected chi connectivity index (χ4v) is 2.98. The first kappa shape index (κ1) is 18.7. The molecule has 0 saturated heterocycles. The second-order valence-corrected chi connectivity index (χ2v) is 6.17. The number of nitrogens with one attached hydrogen (secondary N) is 2. The van der Waals surface area contributed by atoms with E-state index >= 15 is 0 Å². The zero-order chi connectivity index (χ0) is 16.3. The lowest BCUT2D eigenvalue weighted by atomic mass is 9.92. The van der Waals surface area contributed by atoms with Crippen LogP contribution in [0.15, 0.2) is 35.6 Å². The quantitative estimate of drug-likeness (QED) is 0.425. The summed E-state index contributed by atoms with van der Waals surface area (Å²) in [7, 11) is 3.68. The van der Waals surface area contributed by atoms with Crippen molar-refractivity contribution in [1.29, 1.82) is 0 Å². The van der Waals surface area contributed by atoms with Crippen molar-refractivity contribution >= 4 is 29.9 Å². The molecular weight excluding hydrogens is 415 g/mol. The Morgan fingerprint density at radius 2 is 2.04 bits per heavy atom. The largest absolute Gasteiger partial charge is 0.356 e. The normalized spacial score (nSPS) is 15.5. The molecule has 1 aromatic carbocycles. The highest BCUT2D eigenvalue weighted by atomic mass is 127. The number of hydrogen-bond donors (Lipinski definition) is 2. The molecule has 6 nitrogen and oxygen atoms in total. The minimum absolute atomic E-state index is 0. The van der Waals surface area contributed by atoms with E-state index in [0.717, 1.165) is 18.3 Å². The summed E-state index contributed by atoms with van der Waals surface area (Å²) in [4.78, 5) is 8.51. The molecule has 0 radical (unpaired) electrons. The number of halogens is 1. The monoisotopic (exact) mass is 440 g/mol. The van der Waals surface area contributed by atoms with Crippen molar-refractivity contribution in [2.45, 2.75) is 31.7 Å². The van der Waals surface area contributed by atoms with Crippen LogP contribution < -0.4 is 10.6 Å². The number of hydrogen-bond acceptors (Lipinski definition) is 3. The Labute approximate surface area is 160 Å². The van der Waals surface area contributed by atoms with E-state index in [1.54, 1.807) is 18.1 Å². The predicted octanol–water partition coefficient (Wildman–Crippen LogP) is 2.14. The Hall–Kier alpha value is -1.64. The van der Waals surface area contributed by atoms with Gasteiger partial charge in [-0.3, -0.25) is 9.67 Å². The number of aryl methyl sites for hydroxylation is 2. The Bertz CT molecular complexity index is 705. The molecule has 0 atom stereocenters. The van der Waals surface area contributed by atoms with Gasteiger partial charge in [-0.25, -0.2) is 4.98 Å². The van der Waals surface area contributed by atoms with E-state index in [2.05, 4.69) is 56.9 Å². The van der Waals surface area contributed by atoms with Crippen LogP contribution in [0.25, 0.3) is 0 Å². The van der Waals surface area contributed by atoms with Crippen LogP contribution in [0.2, 0.25) is 0 Å². The topological polar surface area (TPSA) is 67.1 Å². The maximum absolute atomic E-state index is 4.30. The second-order valence-electron chi connectivity index (χ2n) is 6.17. The fourth-order valence-electron chi connectivity index (χ4n) is 2.98. The molecule has 0 aliphatic heterocycles. The minimum Gasteiger partial charge on any atom is -0.356 e. The lowest BCUT2D eigenvalue weighted by Crippen LogP contribution is -2.41. The van der Waals surface area contributed by atoms with Gasteiger partial charge in [0.15, 0.2) is 5.96 Å². The average Bonchev–Trinajstić information content (AvgIpc) is 3.23. The number of guanidine groups is 1. The molecule has 24 heavy (non-hydrogen) atoms. The maximum atomic E-state index is 4.30. The summed E-state index contributed by atoms with van der Waals surface area (Å²) in [6.45, 7) is 3.69. The van der Waals surface area contributed by atoms with Crippen molar-refractivity contribution < 1.29 is 0 Å². The highest BCUT2D eigenvalue weighted by Crippen LogP contribution is 2.48. The first-order valence-electron chi connectivity index (χ1n) is 7.98. The van der Waals surface area contributed by atoms with Crippen molar-refractivity contribution in [3.8, 4) is 0 Å². The number of nitrogens with zero attached hydrogens (tertiary/aromatic N) is 4. The van der Waals surface area contributed by atoms with E-state index in [9.17, 15) is 0 Å². The molecule has 1 aliphatic carbocycles. The molecule has 2 N–H and O–H groups in total. The van der Waals surface area contributed by atoms with Gasteiger partial charge in [-0.1, -0.05) is 24.3 Å². The van der Waals surface area contributed by atoms with Crippen molar-refractivity contribution in [1.82, 2.24) is 25.4 Å². The summed E-state index contributed by atoms with van der Waals surface area (Å²) in [6, 6.07) is 8.67. The standard InChI is InChI=1S/C17H24N6.HI/c1-13-6-4-5-7-14(13)17(8-9-17)11-20-16(18-2)19-10-15-21-12-22-23(15)3;/h4-7,12H,8-11H2,1-3H3,(H2,18,19,20);1H. The molecule has 1 heterocycles. The molecule has 0 spiro atoms. The van der Waals surface area contributed by atoms with E-state index < -0.39 is 0 Å². The van der Waals surface area contributed by atoms with E-state index in [1.165, 1.54) is 24.0 Å². The predicted molar refractivity (Wildman–Crippen MR) is 107 cm³/mol. The zero-order valence-corrected chi connectivity index (χ0v) is 16.7. The summed E-state index contributed by atoms with van der Waals surface area (Å²) in [5.74, 6) is 1.68. The van der Waals surface area contributed by atoms with E-state index in [4.69, 9.17) is 0 Å². The maximum Gasteiger partial charge on any atom is 0.191 e.